The maximum atomic E-state index is 5.84. The molecule has 1 aliphatic carbocycles. The molecule has 1 aliphatic rings. The van der Waals surface area contributed by atoms with Crippen molar-refractivity contribution in [2.45, 2.75) is 17.7 Å². The van der Waals surface area contributed by atoms with E-state index < -0.39 is 0 Å². The zero-order valence-electron chi connectivity index (χ0n) is 5.37. The van der Waals surface area contributed by atoms with Gasteiger partial charge in [0.25, 0.3) is 0 Å². The Morgan fingerprint density at radius 1 is 1.50 bits per heavy atom. The number of rotatable bonds is 1. The molecule has 0 spiro atoms. The van der Waals surface area contributed by atoms with E-state index >= 15 is 0 Å². The van der Waals surface area contributed by atoms with Crippen molar-refractivity contribution < 1.29 is 0 Å². The predicted molar refractivity (Wildman–Crippen MR) is 39.0 cm³/mol. The molecule has 1 saturated carbocycles. The van der Waals surface area contributed by atoms with Crippen molar-refractivity contribution in [3.05, 3.63) is 24.0 Å². The third kappa shape index (κ3) is 0.991. The van der Waals surface area contributed by atoms with Crippen molar-refractivity contribution in [3.8, 4) is 0 Å². The van der Waals surface area contributed by atoms with Crippen LogP contribution in [0.15, 0.2) is 18.5 Å². The second-order valence-electron chi connectivity index (χ2n) is 2.53. The average molecular weight is 155 g/mol. The fourth-order valence-electron chi connectivity index (χ4n) is 1.03. The molecular formula is C7H7ClN2. The summed E-state index contributed by atoms with van der Waals surface area (Å²) in [5.74, 6) is 0.539. The molecule has 1 heterocycles. The highest BCUT2D eigenvalue weighted by Crippen LogP contribution is 2.44. The van der Waals surface area contributed by atoms with Crippen LogP contribution in [-0.2, 0) is 0 Å². The average Bonchev–Trinajstić information content (AvgIpc) is 2.69. The maximum Gasteiger partial charge on any atom is 0.0531 e. The maximum absolute atomic E-state index is 5.84. The van der Waals surface area contributed by atoms with Crippen LogP contribution in [0, 0.1) is 0 Å². The minimum absolute atomic E-state index is 0.337. The van der Waals surface area contributed by atoms with Gasteiger partial charge >= 0.3 is 0 Å². The van der Waals surface area contributed by atoms with Gasteiger partial charge in [-0.15, -0.1) is 11.6 Å². The van der Waals surface area contributed by atoms with Gasteiger partial charge in [0.2, 0.25) is 0 Å². The number of hydrogen-bond donors (Lipinski definition) is 0. The highest BCUT2D eigenvalue weighted by molar-refractivity contribution is 6.23. The molecule has 2 rings (SSSR count). The second kappa shape index (κ2) is 2.20. The Bertz CT molecular complexity index is 224. The fourth-order valence-corrected chi connectivity index (χ4v) is 1.37. The summed E-state index contributed by atoms with van der Waals surface area (Å²) in [6, 6.07) is 1.97. The van der Waals surface area contributed by atoms with Gasteiger partial charge in [0.15, 0.2) is 0 Å². The van der Waals surface area contributed by atoms with E-state index in [0.29, 0.717) is 11.3 Å². The van der Waals surface area contributed by atoms with Crippen molar-refractivity contribution in [1.29, 1.82) is 0 Å². The van der Waals surface area contributed by atoms with E-state index in [0.717, 1.165) is 6.42 Å². The predicted octanol–water partition coefficient (Wildman–Crippen LogP) is 1.57. The van der Waals surface area contributed by atoms with E-state index in [9.17, 15) is 0 Å². The number of hydrogen-bond acceptors (Lipinski definition) is 2. The lowest BCUT2D eigenvalue weighted by molar-refractivity contribution is 0.978. The van der Waals surface area contributed by atoms with E-state index in [4.69, 9.17) is 11.6 Å². The lowest BCUT2D eigenvalue weighted by Crippen LogP contribution is -1.84. The molecule has 1 fully saturated rings. The molecule has 0 amide bonds. The monoisotopic (exact) mass is 154 g/mol. The molecule has 2 atom stereocenters. The Hall–Kier alpha value is -0.630. The second-order valence-corrected chi connectivity index (χ2v) is 3.09. The first-order chi connectivity index (χ1) is 4.88. The molecule has 0 aromatic carbocycles. The molecule has 0 saturated heterocycles. The van der Waals surface area contributed by atoms with Gasteiger partial charge in [0.1, 0.15) is 0 Å². The lowest BCUT2D eigenvalue weighted by atomic mass is 10.2. The summed E-state index contributed by atoms with van der Waals surface area (Å²) in [6.07, 6.45) is 4.58. The SMILES string of the molecule is ClC1CC1c1ccnnc1. The summed E-state index contributed by atoms with van der Waals surface area (Å²) < 4.78 is 0. The standard InChI is InChI=1S/C7H7ClN2/c8-7-3-6(7)5-1-2-9-10-4-5/h1-2,4,6-7H,3H2. The molecule has 0 bridgehead atoms. The van der Waals surface area contributed by atoms with Crippen molar-refractivity contribution in [2.75, 3.05) is 0 Å². The van der Waals surface area contributed by atoms with E-state index in [-0.39, 0.29) is 0 Å². The molecule has 2 unspecified atom stereocenters. The van der Waals surface area contributed by atoms with Crippen LogP contribution in [0.25, 0.3) is 0 Å². The molecule has 1 aromatic heterocycles. The first-order valence-corrected chi connectivity index (χ1v) is 3.72. The van der Waals surface area contributed by atoms with Crippen molar-refractivity contribution in [1.82, 2.24) is 10.2 Å². The highest BCUT2D eigenvalue weighted by Gasteiger charge is 2.36. The van der Waals surface area contributed by atoms with Crippen LogP contribution < -0.4 is 0 Å². The largest absolute Gasteiger partial charge is 0.159 e. The Labute approximate surface area is 64.2 Å². The van der Waals surface area contributed by atoms with Gasteiger partial charge < -0.3 is 0 Å². The number of nitrogens with zero attached hydrogens (tertiary/aromatic N) is 2. The molecule has 0 N–H and O–H groups in total. The van der Waals surface area contributed by atoms with E-state index in [1.165, 1.54) is 5.56 Å². The highest BCUT2D eigenvalue weighted by atomic mass is 35.5. The summed E-state index contributed by atoms with van der Waals surface area (Å²) in [5, 5.41) is 7.80. The molecule has 0 aliphatic heterocycles. The van der Waals surface area contributed by atoms with Crippen molar-refractivity contribution in [3.63, 3.8) is 0 Å². The number of aromatic nitrogens is 2. The zero-order valence-corrected chi connectivity index (χ0v) is 6.12. The van der Waals surface area contributed by atoms with E-state index in [1.807, 2.05) is 6.07 Å². The molecular weight excluding hydrogens is 148 g/mol. The molecule has 1 aromatic rings. The Morgan fingerprint density at radius 3 is 2.80 bits per heavy atom. The molecule has 2 nitrogen and oxygen atoms in total. The van der Waals surface area contributed by atoms with Gasteiger partial charge in [-0.2, -0.15) is 10.2 Å². The van der Waals surface area contributed by atoms with Gasteiger partial charge in [0, 0.05) is 17.5 Å². The van der Waals surface area contributed by atoms with Gasteiger partial charge in [-0.1, -0.05) is 0 Å². The van der Waals surface area contributed by atoms with E-state index in [2.05, 4.69) is 10.2 Å². The smallest absolute Gasteiger partial charge is 0.0531 e. The topological polar surface area (TPSA) is 25.8 Å². The van der Waals surface area contributed by atoms with Gasteiger partial charge in [-0.05, 0) is 18.1 Å². The van der Waals surface area contributed by atoms with Crippen molar-refractivity contribution >= 4 is 11.6 Å². The normalized spacial score (nSPS) is 30.1. The van der Waals surface area contributed by atoms with Crippen LogP contribution in [0.2, 0.25) is 0 Å². The van der Waals surface area contributed by atoms with E-state index in [1.54, 1.807) is 12.4 Å². The minimum Gasteiger partial charge on any atom is -0.159 e. The van der Waals surface area contributed by atoms with Crippen LogP contribution in [-0.4, -0.2) is 15.6 Å². The molecule has 3 heteroatoms. The lowest BCUT2D eigenvalue weighted by Gasteiger charge is -1.91. The zero-order chi connectivity index (χ0) is 6.97. The fraction of sp³-hybridized carbons (Fsp3) is 0.429. The molecule has 52 valence electrons. The summed E-state index contributed by atoms with van der Waals surface area (Å²) in [7, 11) is 0. The van der Waals surface area contributed by atoms with Crippen LogP contribution >= 0.6 is 11.6 Å². The van der Waals surface area contributed by atoms with Crippen LogP contribution in [0.5, 0.6) is 0 Å². The first kappa shape index (κ1) is 6.10. The van der Waals surface area contributed by atoms with Gasteiger partial charge in [-0.3, -0.25) is 0 Å². The first-order valence-electron chi connectivity index (χ1n) is 3.28. The van der Waals surface area contributed by atoms with Crippen LogP contribution in [0.1, 0.15) is 17.9 Å². The summed E-state index contributed by atoms with van der Waals surface area (Å²) in [5.41, 5.74) is 1.22. The third-order valence-electron chi connectivity index (χ3n) is 1.75. The van der Waals surface area contributed by atoms with Crippen molar-refractivity contribution in [2.24, 2.45) is 0 Å². The van der Waals surface area contributed by atoms with Crippen LogP contribution in [0.3, 0.4) is 0 Å². The van der Waals surface area contributed by atoms with Crippen LogP contribution in [0.4, 0.5) is 0 Å². The summed E-state index contributed by atoms with van der Waals surface area (Å²) in [6.45, 7) is 0. The summed E-state index contributed by atoms with van der Waals surface area (Å²) >= 11 is 5.84. The number of alkyl halides is 1. The Balaban J connectivity index is 2.20. The number of halogens is 1. The Kier molecular flexibility index (Phi) is 1.34. The quantitative estimate of drug-likeness (QED) is 0.574. The van der Waals surface area contributed by atoms with Gasteiger partial charge in [-0.25, -0.2) is 0 Å². The summed E-state index contributed by atoms with van der Waals surface area (Å²) in [4.78, 5) is 0. The third-order valence-corrected chi connectivity index (χ3v) is 2.23. The molecule has 0 radical (unpaired) electrons. The van der Waals surface area contributed by atoms with Gasteiger partial charge in [0.05, 0.1) is 6.20 Å². The molecule has 10 heavy (non-hydrogen) atoms. The Morgan fingerprint density at radius 2 is 2.30 bits per heavy atom. The minimum atomic E-state index is 0.337.